The minimum absolute atomic E-state index is 0.0305. The van der Waals surface area contributed by atoms with Crippen LogP contribution in [0.15, 0.2) is 48.5 Å². The molecule has 2 aliphatic rings. The molecule has 0 spiro atoms. The van der Waals surface area contributed by atoms with Crippen molar-refractivity contribution < 1.29 is 8.78 Å². The second-order valence-corrected chi connectivity index (χ2v) is 8.29. The van der Waals surface area contributed by atoms with Crippen LogP contribution in [0.1, 0.15) is 36.4 Å². The van der Waals surface area contributed by atoms with Crippen molar-refractivity contribution in [2.45, 2.75) is 25.3 Å². The lowest BCUT2D eigenvalue weighted by Gasteiger charge is -2.40. The third-order valence-electron chi connectivity index (χ3n) is 6.29. The molecule has 0 aromatic heterocycles. The molecule has 2 fully saturated rings. The zero-order chi connectivity index (χ0) is 20.1. The van der Waals surface area contributed by atoms with Gasteiger partial charge in [0.15, 0.2) is 0 Å². The van der Waals surface area contributed by atoms with Crippen molar-refractivity contribution in [1.29, 1.82) is 0 Å². The van der Waals surface area contributed by atoms with Crippen molar-refractivity contribution in [2.75, 3.05) is 52.4 Å². The van der Waals surface area contributed by atoms with E-state index in [9.17, 15) is 8.78 Å². The van der Waals surface area contributed by atoms with Gasteiger partial charge in [-0.2, -0.15) is 0 Å². The van der Waals surface area contributed by atoms with Crippen LogP contribution in [0.5, 0.6) is 0 Å². The van der Waals surface area contributed by atoms with Gasteiger partial charge in [0, 0.05) is 26.2 Å². The summed E-state index contributed by atoms with van der Waals surface area (Å²) in [6, 6.07) is 13.5. The first kappa shape index (κ1) is 20.5. The Morgan fingerprint density at radius 3 is 1.55 bits per heavy atom. The van der Waals surface area contributed by atoms with Crippen LogP contribution in [-0.2, 0) is 0 Å². The van der Waals surface area contributed by atoms with Gasteiger partial charge in [-0.3, -0.25) is 4.90 Å². The van der Waals surface area contributed by atoms with Gasteiger partial charge in [0.25, 0.3) is 0 Å². The lowest BCUT2D eigenvalue weighted by Crippen LogP contribution is -2.48. The Kier molecular flexibility index (Phi) is 6.90. The van der Waals surface area contributed by atoms with E-state index in [1.807, 2.05) is 24.3 Å². The van der Waals surface area contributed by atoms with E-state index in [0.717, 1.165) is 43.9 Å². The van der Waals surface area contributed by atoms with Gasteiger partial charge in [0.1, 0.15) is 11.6 Å². The first-order valence-electron chi connectivity index (χ1n) is 10.9. The Morgan fingerprint density at radius 1 is 0.621 bits per heavy atom. The fraction of sp³-hybridized carbons (Fsp3) is 0.500. The van der Waals surface area contributed by atoms with Crippen LogP contribution in [0.25, 0.3) is 0 Å². The minimum atomic E-state index is -0.227. The molecule has 3 nitrogen and oxygen atoms in total. The summed E-state index contributed by atoms with van der Waals surface area (Å²) >= 11 is 0. The molecular formula is C24H31F2N3. The second kappa shape index (κ2) is 9.79. The zero-order valence-corrected chi connectivity index (χ0v) is 17.1. The molecule has 2 heterocycles. The Hall–Kier alpha value is -1.82. The van der Waals surface area contributed by atoms with Gasteiger partial charge in [-0.05, 0) is 80.8 Å². The molecule has 2 saturated heterocycles. The molecule has 0 atom stereocenters. The van der Waals surface area contributed by atoms with Crippen molar-refractivity contribution in [1.82, 2.24) is 14.7 Å². The molecule has 2 aliphatic heterocycles. The summed E-state index contributed by atoms with van der Waals surface area (Å²) in [4.78, 5) is 7.58. The molecule has 2 aromatic carbocycles. The predicted octanol–water partition coefficient (Wildman–Crippen LogP) is 4.16. The van der Waals surface area contributed by atoms with E-state index in [4.69, 9.17) is 0 Å². The topological polar surface area (TPSA) is 9.72 Å². The molecule has 0 saturated carbocycles. The van der Waals surface area contributed by atoms with Crippen LogP contribution in [0.4, 0.5) is 8.78 Å². The maximum Gasteiger partial charge on any atom is 0.123 e. The fourth-order valence-electron chi connectivity index (χ4n) is 4.67. The molecule has 0 bridgehead atoms. The van der Waals surface area contributed by atoms with Crippen LogP contribution in [-0.4, -0.2) is 67.1 Å². The first-order valence-corrected chi connectivity index (χ1v) is 10.9. The third-order valence-corrected chi connectivity index (χ3v) is 6.29. The first-order chi connectivity index (χ1) is 14.2. The molecule has 5 heteroatoms. The second-order valence-electron chi connectivity index (χ2n) is 8.29. The van der Waals surface area contributed by atoms with Gasteiger partial charge in [0.2, 0.25) is 0 Å². The number of benzene rings is 2. The van der Waals surface area contributed by atoms with Crippen LogP contribution < -0.4 is 0 Å². The molecule has 156 valence electrons. The molecular weight excluding hydrogens is 368 g/mol. The van der Waals surface area contributed by atoms with E-state index in [1.165, 1.54) is 63.2 Å². The zero-order valence-electron chi connectivity index (χ0n) is 17.1. The van der Waals surface area contributed by atoms with Crippen LogP contribution in [0.2, 0.25) is 0 Å². The number of piperazine rings is 1. The monoisotopic (exact) mass is 399 g/mol. The summed E-state index contributed by atoms with van der Waals surface area (Å²) in [6.45, 7) is 8.91. The number of halogens is 2. The van der Waals surface area contributed by atoms with E-state index in [1.54, 1.807) is 0 Å². The quantitative estimate of drug-likeness (QED) is 0.692. The average Bonchev–Trinajstić information content (AvgIpc) is 3.26. The molecule has 4 rings (SSSR count). The third kappa shape index (κ3) is 5.41. The number of hydrogen-bond donors (Lipinski definition) is 0. The Balaban J connectivity index is 1.38. The fourth-order valence-corrected chi connectivity index (χ4v) is 4.67. The van der Waals surface area contributed by atoms with Crippen LogP contribution in [0, 0.1) is 11.6 Å². The standard InChI is InChI=1S/C24H31F2N3/c25-22-8-4-20(5-9-22)24(21-6-10-23(26)11-7-21)29-18-16-28(17-19-29)15-3-14-27-12-1-2-13-27/h4-11,24H,1-3,12-19H2. The lowest BCUT2D eigenvalue weighted by molar-refractivity contribution is 0.106. The summed E-state index contributed by atoms with van der Waals surface area (Å²) in [5.74, 6) is -0.455. The van der Waals surface area contributed by atoms with Gasteiger partial charge in [-0.1, -0.05) is 24.3 Å². The Labute approximate surface area is 172 Å². The summed E-state index contributed by atoms with van der Waals surface area (Å²) in [5, 5.41) is 0. The maximum absolute atomic E-state index is 13.5. The van der Waals surface area contributed by atoms with Gasteiger partial charge >= 0.3 is 0 Å². The predicted molar refractivity (Wildman–Crippen MR) is 113 cm³/mol. The van der Waals surface area contributed by atoms with Crippen molar-refractivity contribution in [2.24, 2.45) is 0 Å². The number of likely N-dealkylation sites (tertiary alicyclic amines) is 1. The summed E-state index contributed by atoms with van der Waals surface area (Å²) in [7, 11) is 0. The van der Waals surface area contributed by atoms with Crippen LogP contribution in [0.3, 0.4) is 0 Å². The Morgan fingerprint density at radius 2 is 1.07 bits per heavy atom. The molecule has 0 amide bonds. The van der Waals surface area contributed by atoms with Crippen molar-refractivity contribution in [3.63, 3.8) is 0 Å². The van der Waals surface area contributed by atoms with E-state index >= 15 is 0 Å². The SMILES string of the molecule is Fc1ccc(C(c2ccc(F)cc2)N2CCN(CCCN3CCCC3)CC2)cc1. The highest BCUT2D eigenvalue weighted by molar-refractivity contribution is 5.32. The molecule has 2 aromatic rings. The van der Waals surface area contributed by atoms with E-state index in [0.29, 0.717) is 0 Å². The molecule has 0 aliphatic carbocycles. The normalized spacial score (nSPS) is 19.3. The molecule has 0 radical (unpaired) electrons. The number of nitrogens with zero attached hydrogens (tertiary/aromatic N) is 3. The van der Waals surface area contributed by atoms with E-state index in [-0.39, 0.29) is 17.7 Å². The highest BCUT2D eigenvalue weighted by Gasteiger charge is 2.26. The van der Waals surface area contributed by atoms with Gasteiger partial charge in [-0.25, -0.2) is 8.78 Å². The van der Waals surface area contributed by atoms with Crippen molar-refractivity contribution >= 4 is 0 Å². The minimum Gasteiger partial charge on any atom is -0.303 e. The number of rotatable bonds is 7. The lowest BCUT2D eigenvalue weighted by atomic mass is 9.96. The average molecular weight is 400 g/mol. The van der Waals surface area contributed by atoms with E-state index in [2.05, 4.69) is 14.7 Å². The van der Waals surface area contributed by atoms with Crippen molar-refractivity contribution in [3.8, 4) is 0 Å². The highest BCUT2D eigenvalue weighted by Crippen LogP contribution is 2.30. The molecule has 29 heavy (non-hydrogen) atoms. The smallest absolute Gasteiger partial charge is 0.123 e. The molecule has 0 N–H and O–H groups in total. The maximum atomic E-state index is 13.5. The Bertz CT molecular complexity index is 703. The van der Waals surface area contributed by atoms with E-state index < -0.39 is 0 Å². The summed E-state index contributed by atoms with van der Waals surface area (Å²) in [6.07, 6.45) is 3.94. The summed E-state index contributed by atoms with van der Waals surface area (Å²) < 4.78 is 26.9. The largest absolute Gasteiger partial charge is 0.303 e. The van der Waals surface area contributed by atoms with Crippen molar-refractivity contribution in [3.05, 3.63) is 71.3 Å². The highest BCUT2D eigenvalue weighted by atomic mass is 19.1. The van der Waals surface area contributed by atoms with Gasteiger partial charge in [-0.15, -0.1) is 0 Å². The number of hydrogen-bond acceptors (Lipinski definition) is 3. The summed E-state index contributed by atoms with van der Waals surface area (Å²) in [5.41, 5.74) is 2.11. The van der Waals surface area contributed by atoms with Crippen LogP contribution >= 0.6 is 0 Å². The molecule has 0 unspecified atom stereocenters. The van der Waals surface area contributed by atoms with Gasteiger partial charge in [0.05, 0.1) is 6.04 Å². The van der Waals surface area contributed by atoms with Gasteiger partial charge < -0.3 is 9.80 Å².